The summed E-state index contributed by atoms with van der Waals surface area (Å²) in [6, 6.07) is -0.350. The van der Waals surface area contributed by atoms with Crippen molar-refractivity contribution in [3.63, 3.8) is 0 Å². The fraction of sp³-hybridized carbons (Fsp3) is 0.857. The fourth-order valence-electron chi connectivity index (χ4n) is 0.651. The summed E-state index contributed by atoms with van der Waals surface area (Å²) >= 11 is 0. The number of aliphatic carboxylic acids is 1. The number of carboxylic acid groups (broad SMARTS) is 1. The van der Waals surface area contributed by atoms with E-state index in [1.54, 1.807) is 0 Å². The van der Waals surface area contributed by atoms with E-state index in [0.29, 0.717) is 19.0 Å². The van der Waals surface area contributed by atoms with Crippen LogP contribution in [-0.4, -0.2) is 29.7 Å². The van der Waals surface area contributed by atoms with Crippen LogP contribution < -0.4 is 11.1 Å². The van der Waals surface area contributed by atoms with Gasteiger partial charge < -0.3 is 16.2 Å². The van der Waals surface area contributed by atoms with Gasteiger partial charge in [-0.2, -0.15) is 0 Å². The van der Waals surface area contributed by atoms with E-state index in [0.717, 1.165) is 0 Å². The first-order valence-electron chi connectivity index (χ1n) is 3.75. The molecule has 0 aliphatic rings. The van der Waals surface area contributed by atoms with E-state index in [2.05, 4.69) is 5.32 Å². The molecule has 0 radical (unpaired) electrons. The third-order valence-electron chi connectivity index (χ3n) is 1.33. The molecule has 0 aromatic carbocycles. The third kappa shape index (κ3) is 5.82. The van der Waals surface area contributed by atoms with Crippen molar-refractivity contribution >= 4 is 5.97 Å². The largest absolute Gasteiger partial charge is 0.480 e. The summed E-state index contributed by atoms with van der Waals surface area (Å²) < 4.78 is 0. The SMILES string of the molecule is CC(C)NCC[C@H](N)C(=O)O. The number of nitrogens with one attached hydrogen (secondary N) is 1. The topological polar surface area (TPSA) is 75.3 Å². The molecule has 0 fully saturated rings. The quantitative estimate of drug-likeness (QED) is 0.520. The normalized spacial score (nSPS) is 13.5. The maximum Gasteiger partial charge on any atom is 0.320 e. The number of nitrogens with two attached hydrogens (primary N) is 1. The second kappa shape index (κ2) is 5.09. The van der Waals surface area contributed by atoms with Crippen molar-refractivity contribution < 1.29 is 9.90 Å². The molecule has 0 bridgehead atoms. The van der Waals surface area contributed by atoms with Gasteiger partial charge in [0.25, 0.3) is 0 Å². The average Bonchev–Trinajstić information content (AvgIpc) is 1.86. The van der Waals surface area contributed by atoms with Crippen LogP contribution in [0, 0.1) is 0 Å². The molecule has 11 heavy (non-hydrogen) atoms. The Bertz CT molecular complexity index is 126. The van der Waals surface area contributed by atoms with E-state index in [9.17, 15) is 4.79 Å². The molecule has 1 atom stereocenters. The minimum absolute atomic E-state index is 0.385. The van der Waals surface area contributed by atoms with Crippen molar-refractivity contribution in [2.24, 2.45) is 5.73 Å². The van der Waals surface area contributed by atoms with Crippen molar-refractivity contribution in [2.45, 2.75) is 32.4 Å². The average molecular weight is 160 g/mol. The van der Waals surface area contributed by atoms with Gasteiger partial charge in [0.15, 0.2) is 0 Å². The Balaban J connectivity index is 3.31. The van der Waals surface area contributed by atoms with Crippen LogP contribution in [0.1, 0.15) is 20.3 Å². The predicted molar refractivity (Wildman–Crippen MR) is 43.4 cm³/mol. The first-order chi connectivity index (χ1) is 5.04. The monoisotopic (exact) mass is 160 g/mol. The molecule has 0 unspecified atom stereocenters. The van der Waals surface area contributed by atoms with Crippen LogP contribution in [0.3, 0.4) is 0 Å². The Labute approximate surface area is 66.8 Å². The Morgan fingerprint density at radius 3 is 2.55 bits per heavy atom. The van der Waals surface area contributed by atoms with Crippen molar-refractivity contribution in [2.75, 3.05) is 6.54 Å². The Morgan fingerprint density at radius 1 is 1.64 bits per heavy atom. The van der Waals surface area contributed by atoms with Gasteiger partial charge in [0, 0.05) is 6.04 Å². The first kappa shape index (κ1) is 10.4. The summed E-state index contributed by atoms with van der Waals surface area (Å²) in [7, 11) is 0. The molecule has 0 saturated carbocycles. The van der Waals surface area contributed by atoms with Gasteiger partial charge >= 0.3 is 5.97 Å². The molecule has 0 aliphatic heterocycles. The Hall–Kier alpha value is -0.610. The lowest BCUT2D eigenvalue weighted by atomic mass is 10.2. The van der Waals surface area contributed by atoms with Crippen molar-refractivity contribution in [1.29, 1.82) is 0 Å². The minimum Gasteiger partial charge on any atom is -0.480 e. The lowest BCUT2D eigenvalue weighted by Gasteiger charge is -2.09. The van der Waals surface area contributed by atoms with E-state index in [-0.39, 0.29) is 0 Å². The number of rotatable bonds is 5. The Kier molecular flexibility index (Phi) is 4.81. The molecule has 4 heteroatoms. The van der Waals surface area contributed by atoms with E-state index < -0.39 is 12.0 Å². The van der Waals surface area contributed by atoms with Gasteiger partial charge in [0.2, 0.25) is 0 Å². The zero-order chi connectivity index (χ0) is 8.85. The highest BCUT2D eigenvalue weighted by Gasteiger charge is 2.09. The van der Waals surface area contributed by atoms with Crippen molar-refractivity contribution in [3.8, 4) is 0 Å². The van der Waals surface area contributed by atoms with E-state index in [1.807, 2.05) is 13.8 Å². The number of carbonyl (C=O) groups is 1. The zero-order valence-corrected chi connectivity index (χ0v) is 7.00. The molecule has 0 rings (SSSR count). The highest BCUT2D eigenvalue weighted by molar-refractivity contribution is 5.72. The smallest absolute Gasteiger partial charge is 0.320 e. The molecule has 0 aromatic heterocycles. The summed E-state index contributed by atoms with van der Waals surface area (Å²) in [5.74, 6) is -0.935. The van der Waals surface area contributed by atoms with Gasteiger partial charge in [-0.3, -0.25) is 4.79 Å². The van der Waals surface area contributed by atoms with Gasteiger partial charge in [-0.05, 0) is 13.0 Å². The fourth-order valence-corrected chi connectivity index (χ4v) is 0.651. The van der Waals surface area contributed by atoms with Gasteiger partial charge in [0.1, 0.15) is 6.04 Å². The van der Waals surface area contributed by atoms with Crippen LogP contribution in [0.25, 0.3) is 0 Å². The van der Waals surface area contributed by atoms with E-state index in [4.69, 9.17) is 10.8 Å². The Morgan fingerprint density at radius 2 is 2.18 bits per heavy atom. The van der Waals surface area contributed by atoms with Gasteiger partial charge in [0.05, 0.1) is 0 Å². The lowest BCUT2D eigenvalue weighted by molar-refractivity contribution is -0.138. The zero-order valence-electron chi connectivity index (χ0n) is 7.00. The van der Waals surface area contributed by atoms with Crippen LogP contribution >= 0.6 is 0 Å². The van der Waals surface area contributed by atoms with Gasteiger partial charge in [-0.15, -0.1) is 0 Å². The van der Waals surface area contributed by atoms with Gasteiger partial charge in [-0.1, -0.05) is 13.8 Å². The van der Waals surface area contributed by atoms with Crippen LogP contribution in [0.2, 0.25) is 0 Å². The molecule has 0 aliphatic carbocycles. The summed E-state index contributed by atoms with van der Waals surface area (Å²) in [6.45, 7) is 4.67. The molecule has 4 N–H and O–H groups in total. The second-order valence-corrected chi connectivity index (χ2v) is 2.84. The molecular formula is C7H16N2O2. The van der Waals surface area contributed by atoms with Crippen LogP contribution in [0.15, 0.2) is 0 Å². The van der Waals surface area contributed by atoms with E-state index in [1.165, 1.54) is 0 Å². The summed E-state index contributed by atoms with van der Waals surface area (Å²) in [6.07, 6.45) is 0.480. The first-order valence-corrected chi connectivity index (χ1v) is 3.75. The molecule has 0 saturated heterocycles. The van der Waals surface area contributed by atoms with E-state index >= 15 is 0 Å². The second-order valence-electron chi connectivity index (χ2n) is 2.84. The molecule has 0 amide bonds. The van der Waals surface area contributed by atoms with Crippen molar-refractivity contribution in [3.05, 3.63) is 0 Å². The number of carboxylic acids is 1. The van der Waals surface area contributed by atoms with Crippen LogP contribution in [0.4, 0.5) is 0 Å². The molecule has 66 valence electrons. The number of hydrogen-bond acceptors (Lipinski definition) is 3. The van der Waals surface area contributed by atoms with Gasteiger partial charge in [-0.25, -0.2) is 0 Å². The predicted octanol–water partition coefficient (Wildman–Crippen LogP) is -0.214. The highest BCUT2D eigenvalue weighted by Crippen LogP contribution is 1.86. The van der Waals surface area contributed by atoms with Crippen LogP contribution in [0.5, 0.6) is 0 Å². The summed E-state index contributed by atoms with van der Waals surface area (Å²) in [5.41, 5.74) is 5.26. The third-order valence-corrected chi connectivity index (χ3v) is 1.33. The molecular weight excluding hydrogens is 144 g/mol. The highest BCUT2D eigenvalue weighted by atomic mass is 16.4. The molecule has 4 nitrogen and oxygen atoms in total. The standard InChI is InChI=1S/C7H16N2O2/c1-5(2)9-4-3-6(8)7(10)11/h5-6,9H,3-4,8H2,1-2H3,(H,10,11)/t6-/m0/s1. The maximum atomic E-state index is 10.2. The molecule has 0 spiro atoms. The van der Waals surface area contributed by atoms with Crippen molar-refractivity contribution in [1.82, 2.24) is 5.32 Å². The summed E-state index contributed by atoms with van der Waals surface area (Å²) in [5, 5.41) is 11.5. The van der Waals surface area contributed by atoms with Crippen LogP contribution in [-0.2, 0) is 4.79 Å². The number of hydrogen-bond donors (Lipinski definition) is 3. The maximum absolute atomic E-state index is 10.2. The molecule has 0 aromatic rings. The minimum atomic E-state index is -0.935. The molecule has 0 heterocycles. The lowest BCUT2D eigenvalue weighted by Crippen LogP contribution is -2.35. The summed E-state index contributed by atoms with van der Waals surface area (Å²) in [4.78, 5) is 10.2.